The van der Waals surface area contributed by atoms with Crippen LogP contribution in [0.3, 0.4) is 0 Å². The third kappa shape index (κ3) is 3.01. The zero-order valence-electron chi connectivity index (χ0n) is 12.8. The smallest absolute Gasteiger partial charge is 0.187 e. The van der Waals surface area contributed by atoms with Gasteiger partial charge in [0.05, 0.1) is 24.4 Å². The topological polar surface area (TPSA) is 143 Å². The molecule has 134 valence electrons. The summed E-state index contributed by atoms with van der Waals surface area (Å²) in [7, 11) is 0. The van der Waals surface area contributed by atoms with E-state index in [2.05, 4.69) is 0 Å². The van der Waals surface area contributed by atoms with Crippen molar-refractivity contribution in [3.05, 3.63) is 0 Å². The van der Waals surface area contributed by atoms with E-state index in [0.717, 1.165) is 0 Å². The van der Waals surface area contributed by atoms with Crippen LogP contribution in [0.1, 0.15) is 13.3 Å². The van der Waals surface area contributed by atoms with Crippen LogP contribution < -0.4 is 0 Å². The number of aliphatic hydroxyl groups excluding tert-OH is 6. The van der Waals surface area contributed by atoms with E-state index in [1.54, 1.807) is 0 Å². The molecule has 3 saturated heterocycles. The van der Waals surface area contributed by atoms with Gasteiger partial charge in [-0.1, -0.05) is 0 Å². The lowest BCUT2D eigenvalue weighted by atomic mass is 9.92. The van der Waals surface area contributed by atoms with Crippen molar-refractivity contribution in [2.75, 3.05) is 13.1 Å². The van der Waals surface area contributed by atoms with Gasteiger partial charge in [0.15, 0.2) is 6.29 Å². The highest BCUT2D eigenvalue weighted by molar-refractivity contribution is 5.03. The van der Waals surface area contributed by atoms with Crippen LogP contribution in [0.5, 0.6) is 0 Å². The Balaban J connectivity index is 1.76. The lowest BCUT2D eigenvalue weighted by molar-refractivity contribution is -0.323. The molecule has 23 heavy (non-hydrogen) atoms. The summed E-state index contributed by atoms with van der Waals surface area (Å²) >= 11 is 0. The van der Waals surface area contributed by atoms with E-state index in [0.29, 0.717) is 13.0 Å². The molecule has 0 bridgehead atoms. The molecule has 0 aromatic carbocycles. The predicted octanol–water partition coefficient (Wildman–Crippen LogP) is -3.63. The first-order valence-corrected chi connectivity index (χ1v) is 7.94. The molecule has 3 fully saturated rings. The molecule has 9 nitrogen and oxygen atoms in total. The largest absolute Gasteiger partial charge is 0.391 e. The summed E-state index contributed by atoms with van der Waals surface area (Å²) in [5.41, 5.74) is 0. The Morgan fingerprint density at radius 2 is 1.61 bits per heavy atom. The van der Waals surface area contributed by atoms with Gasteiger partial charge in [0.25, 0.3) is 0 Å². The van der Waals surface area contributed by atoms with Crippen LogP contribution in [0, 0.1) is 0 Å². The summed E-state index contributed by atoms with van der Waals surface area (Å²) in [5.74, 6) is 0. The molecule has 3 rings (SSSR count). The molecule has 4 unspecified atom stereocenters. The van der Waals surface area contributed by atoms with Gasteiger partial charge in [-0.05, 0) is 13.3 Å². The van der Waals surface area contributed by atoms with Crippen molar-refractivity contribution in [1.82, 2.24) is 4.90 Å². The quantitative estimate of drug-likeness (QED) is 0.301. The molecule has 0 aromatic rings. The third-order valence-corrected chi connectivity index (χ3v) is 5.12. The highest BCUT2D eigenvalue weighted by Gasteiger charge is 2.52. The molecule has 10 atom stereocenters. The van der Waals surface area contributed by atoms with Gasteiger partial charge in [-0.2, -0.15) is 0 Å². The van der Waals surface area contributed by atoms with Crippen LogP contribution >= 0.6 is 0 Å². The van der Waals surface area contributed by atoms with Crippen molar-refractivity contribution in [3.8, 4) is 0 Å². The second kappa shape index (κ2) is 6.51. The fraction of sp³-hybridized carbons (Fsp3) is 1.00. The Morgan fingerprint density at radius 3 is 2.30 bits per heavy atom. The molecule has 0 aromatic heterocycles. The molecule has 9 heteroatoms. The maximum atomic E-state index is 10.2. The minimum atomic E-state index is -1.50. The molecule has 3 aliphatic rings. The molecular formula is C14H25NO8. The number of hydrogen-bond acceptors (Lipinski definition) is 9. The van der Waals surface area contributed by atoms with E-state index in [4.69, 9.17) is 9.47 Å². The van der Waals surface area contributed by atoms with Crippen LogP contribution in [0.4, 0.5) is 0 Å². The third-order valence-electron chi connectivity index (χ3n) is 5.12. The molecule has 0 aliphatic carbocycles. The number of aliphatic hydroxyl groups is 6. The Kier molecular flexibility index (Phi) is 4.94. The zero-order valence-corrected chi connectivity index (χ0v) is 12.8. The summed E-state index contributed by atoms with van der Waals surface area (Å²) in [6.07, 6.45) is -9.75. The lowest BCUT2D eigenvalue weighted by Crippen LogP contribution is -2.65. The second-order valence-corrected chi connectivity index (χ2v) is 6.68. The number of ether oxygens (including phenoxy) is 2. The van der Waals surface area contributed by atoms with E-state index in [-0.39, 0.29) is 6.54 Å². The monoisotopic (exact) mass is 335 g/mol. The molecule has 0 radical (unpaired) electrons. The van der Waals surface area contributed by atoms with Crippen LogP contribution in [0.15, 0.2) is 0 Å². The Labute approximate surface area is 133 Å². The average molecular weight is 335 g/mol. The Morgan fingerprint density at radius 1 is 0.913 bits per heavy atom. The van der Waals surface area contributed by atoms with Gasteiger partial charge < -0.3 is 40.1 Å². The first-order chi connectivity index (χ1) is 10.8. The summed E-state index contributed by atoms with van der Waals surface area (Å²) in [6, 6.07) is -0.525. The first kappa shape index (κ1) is 17.5. The van der Waals surface area contributed by atoms with Gasteiger partial charge in [0.2, 0.25) is 0 Å². The lowest BCUT2D eigenvalue weighted by Gasteiger charge is -2.46. The van der Waals surface area contributed by atoms with Crippen LogP contribution in [0.2, 0.25) is 0 Å². The highest BCUT2D eigenvalue weighted by atomic mass is 16.7. The van der Waals surface area contributed by atoms with Crippen LogP contribution in [-0.2, 0) is 9.47 Å². The van der Waals surface area contributed by atoms with Crippen LogP contribution in [-0.4, -0.2) is 110 Å². The number of hydrogen-bond donors (Lipinski definition) is 6. The predicted molar refractivity (Wildman–Crippen MR) is 75.2 cm³/mol. The van der Waals surface area contributed by atoms with Crippen molar-refractivity contribution < 1.29 is 40.1 Å². The molecule has 6 N–H and O–H groups in total. The van der Waals surface area contributed by atoms with Crippen molar-refractivity contribution in [1.29, 1.82) is 0 Å². The number of nitrogens with zero attached hydrogens (tertiary/aromatic N) is 1. The van der Waals surface area contributed by atoms with Crippen molar-refractivity contribution >= 4 is 0 Å². The zero-order chi connectivity index (χ0) is 16.9. The summed E-state index contributed by atoms with van der Waals surface area (Å²) in [4.78, 5) is 1.83. The standard InChI is InChI=1S/C14H25NO8/c1-5-9(18)11(20)12(21)14(22-5)23-13-8-6(16)2-3-15(8)4-7(17)10(13)19/h5-14,16-21H,2-4H2,1H3/t5-,6+,7?,8?,9+,10?,11+,12-,13?,14+/m1/s1. The fourth-order valence-corrected chi connectivity index (χ4v) is 3.71. The van der Waals surface area contributed by atoms with E-state index < -0.39 is 61.2 Å². The minimum absolute atomic E-state index is 0.231. The van der Waals surface area contributed by atoms with Gasteiger partial charge in [-0.3, -0.25) is 4.90 Å². The number of piperidine rings is 1. The fourth-order valence-electron chi connectivity index (χ4n) is 3.71. The second-order valence-electron chi connectivity index (χ2n) is 6.68. The van der Waals surface area contributed by atoms with Crippen molar-refractivity contribution in [2.24, 2.45) is 0 Å². The molecule has 3 heterocycles. The van der Waals surface area contributed by atoms with Gasteiger partial charge in [-0.25, -0.2) is 0 Å². The summed E-state index contributed by atoms with van der Waals surface area (Å²) in [6.45, 7) is 2.33. The van der Waals surface area contributed by atoms with E-state index in [1.165, 1.54) is 6.92 Å². The molecule has 3 aliphatic heterocycles. The SMILES string of the molecule is C[C@H]1O[C@@H](OC2C(O)C(O)CN3CC[C@H](O)C23)[C@H](O)[C@@H](O)[C@H]1O. The maximum absolute atomic E-state index is 10.2. The Bertz CT molecular complexity index is 426. The van der Waals surface area contributed by atoms with E-state index in [9.17, 15) is 30.6 Å². The first-order valence-electron chi connectivity index (χ1n) is 7.94. The summed E-state index contributed by atoms with van der Waals surface area (Å²) in [5, 5.41) is 59.9. The van der Waals surface area contributed by atoms with E-state index >= 15 is 0 Å². The normalized spacial score (nSPS) is 54.9. The van der Waals surface area contributed by atoms with Gasteiger partial charge in [0.1, 0.15) is 30.5 Å². The molecular weight excluding hydrogens is 310 g/mol. The van der Waals surface area contributed by atoms with Crippen molar-refractivity contribution in [3.63, 3.8) is 0 Å². The highest BCUT2D eigenvalue weighted by Crippen LogP contribution is 2.33. The van der Waals surface area contributed by atoms with Crippen molar-refractivity contribution in [2.45, 2.75) is 74.5 Å². The minimum Gasteiger partial charge on any atom is -0.391 e. The molecule has 0 spiro atoms. The van der Waals surface area contributed by atoms with Gasteiger partial charge in [0, 0.05) is 13.1 Å². The number of rotatable bonds is 2. The molecule has 0 amide bonds. The molecule has 0 saturated carbocycles. The van der Waals surface area contributed by atoms with Gasteiger partial charge >= 0.3 is 0 Å². The summed E-state index contributed by atoms with van der Waals surface area (Å²) < 4.78 is 11.0. The Hall–Kier alpha value is -0.360. The number of fused-ring (bicyclic) bond motifs is 1. The average Bonchev–Trinajstić information content (AvgIpc) is 2.87. The van der Waals surface area contributed by atoms with Gasteiger partial charge in [-0.15, -0.1) is 0 Å². The van der Waals surface area contributed by atoms with Crippen LogP contribution in [0.25, 0.3) is 0 Å². The maximum Gasteiger partial charge on any atom is 0.187 e. The van der Waals surface area contributed by atoms with E-state index in [1.807, 2.05) is 4.90 Å².